The highest BCUT2D eigenvalue weighted by molar-refractivity contribution is 7.89. The molecular formula is C66H90N13O10S3+. The van der Waals surface area contributed by atoms with Gasteiger partial charge in [-0.2, -0.15) is 0 Å². The maximum absolute atomic E-state index is 14.4. The lowest BCUT2D eigenvalue weighted by Crippen LogP contribution is -2.56. The molecular weight excluding hydrogens is 1230 g/mol. The van der Waals surface area contributed by atoms with Crippen LogP contribution in [0, 0.1) is 5.41 Å². The predicted molar refractivity (Wildman–Crippen MR) is 355 cm³/mol. The summed E-state index contributed by atoms with van der Waals surface area (Å²) in [4.78, 5) is 58.6. The number of amides is 5. The number of nitrogens with one attached hydrogen (secondary N) is 7. The number of piperidine rings is 1. The molecule has 0 radical (unpaired) electrons. The molecule has 1 aliphatic carbocycles. The lowest BCUT2D eigenvalue weighted by Gasteiger charge is -2.31. The Morgan fingerprint density at radius 1 is 0.783 bits per heavy atom. The summed E-state index contributed by atoms with van der Waals surface area (Å²) in [5.74, 6) is -0.763. The second-order valence-corrected chi connectivity index (χ2v) is 27.5. The molecule has 92 heavy (non-hydrogen) atoms. The number of likely N-dealkylation sites (tertiary alicyclic amines) is 1. The predicted octanol–water partition coefficient (Wildman–Crippen LogP) is 5.29. The molecule has 3 aromatic carbocycles. The van der Waals surface area contributed by atoms with Gasteiger partial charge in [-0.25, -0.2) is 40.1 Å². The number of aromatic nitrogens is 3. The molecule has 3 aliphatic rings. The maximum atomic E-state index is 14.4. The number of benzene rings is 4. The van der Waals surface area contributed by atoms with Crippen LogP contribution in [0.2, 0.25) is 0 Å². The molecule has 0 spiro atoms. The molecule has 4 heterocycles. The highest BCUT2D eigenvalue weighted by atomic mass is 32.2. The van der Waals surface area contributed by atoms with Gasteiger partial charge in [-0.1, -0.05) is 49.2 Å². The van der Waals surface area contributed by atoms with Crippen LogP contribution in [0.15, 0.2) is 117 Å². The standard InChI is InChI=1S/C66H89N13O10S3/c1-8-78(9-2)48-24-27-53-58(38-48)89-59-39-49(79(10-3)11-4)25-28-54(59)62(53)55-29-26-52(41-60(55)92(86,87)88)91(84,85)70-34-19-13-12-18-32-68-66(83)69-33-20-17-23-56(72-61(80)40-51-44-90-65(67)76(51)7)63(81)73-57(64(82)71-47-30-35-74(5)36-31-47)37-50-43-77(45-75(50)6)42-46-21-15-14-16-22-46/h14-16,21-22,24-29,38-39,41,43-45,47,56-57,67,70H,8-13,17-20,23,30-37,40,42H2,1-7H3,(H4-2,68,69,71,72,73,80,81,82,83,86,87,88)/p+1/t56-,57-/m0/s1. The number of imidazole rings is 1. The lowest BCUT2D eigenvalue weighted by molar-refractivity contribution is -0.688. The van der Waals surface area contributed by atoms with Crippen LogP contribution >= 0.6 is 11.3 Å². The molecule has 1 fully saturated rings. The van der Waals surface area contributed by atoms with Crippen molar-refractivity contribution in [1.29, 1.82) is 5.41 Å². The summed E-state index contributed by atoms with van der Waals surface area (Å²) >= 11 is 1.20. The Balaban J connectivity index is 0.829. The molecule has 26 heteroatoms. The third-order valence-corrected chi connectivity index (χ3v) is 20.3. The van der Waals surface area contributed by atoms with Crippen LogP contribution in [0.25, 0.3) is 33.4 Å². The van der Waals surface area contributed by atoms with E-state index in [0.29, 0.717) is 85.2 Å². The molecule has 5 amide bonds. The molecule has 0 unspecified atom stereocenters. The Hall–Kier alpha value is -7.75. The first-order chi connectivity index (χ1) is 44.1. The summed E-state index contributed by atoms with van der Waals surface area (Å²) in [6.45, 7) is 14.1. The maximum Gasteiger partial charge on any atom is 0.314 e. The van der Waals surface area contributed by atoms with Gasteiger partial charge in [-0.15, -0.1) is 11.3 Å². The quantitative estimate of drug-likeness (QED) is 0.0123. The minimum absolute atomic E-state index is 0.0424. The molecule has 23 nitrogen and oxygen atoms in total. The summed E-state index contributed by atoms with van der Waals surface area (Å²) in [5, 5.41) is 26.1. The monoisotopic (exact) mass is 1320 g/mol. The van der Waals surface area contributed by atoms with E-state index in [4.69, 9.17) is 9.83 Å². The molecule has 0 bridgehead atoms. The van der Waals surface area contributed by atoms with Crippen molar-refractivity contribution in [3.05, 3.63) is 130 Å². The van der Waals surface area contributed by atoms with Crippen LogP contribution in [0.4, 0.5) is 10.5 Å². The topological polar surface area (TPSA) is 292 Å². The van der Waals surface area contributed by atoms with Crippen LogP contribution in [0.1, 0.15) is 102 Å². The fraction of sp³-hybridized carbons (Fsp3) is 0.470. The van der Waals surface area contributed by atoms with Crippen molar-refractivity contribution < 1.29 is 49.6 Å². The molecule has 496 valence electrons. The average Bonchev–Trinajstić information content (AvgIpc) is 0.830. The average molecular weight is 1320 g/mol. The molecule has 2 aliphatic heterocycles. The Kier molecular flexibility index (Phi) is 24.9. The summed E-state index contributed by atoms with van der Waals surface area (Å²) in [7, 11) is -3.83. The number of urea groups is 1. The minimum atomic E-state index is -5.22. The van der Waals surface area contributed by atoms with Crippen LogP contribution < -0.4 is 55.5 Å². The number of thiazole rings is 1. The van der Waals surface area contributed by atoms with Crippen molar-refractivity contribution >= 4 is 71.9 Å². The number of carbonyl (C=O) groups is 4. The van der Waals surface area contributed by atoms with Crippen LogP contribution in [0.5, 0.6) is 0 Å². The van der Waals surface area contributed by atoms with E-state index in [9.17, 15) is 40.6 Å². The smallest absolute Gasteiger partial charge is 0.314 e. The summed E-state index contributed by atoms with van der Waals surface area (Å²) in [6.07, 6.45) is 9.07. The number of hydrogen-bond acceptors (Lipinski definition) is 14. The van der Waals surface area contributed by atoms with Gasteiger partial charge in [0.25, 0.3) is 0 Å². The summed E-state index contributed by atoms with van der Waals surface area (Å²) in [6, 6.07) is 22.5. The molecule has 7 N–H and O–H groups in total. The molecule has 1 saturated heterocycles. The number of sulfonamides is 1. The van der Waals surface area contributed by atoms with Crippen molar-refractivity contribution in [3.8, 4) is 22.5 Å². The van der Waals surface area contributed by atoms with Crippen molar-refractivity contribution in [2.45, 2.75) is 133 Å². The van der Waals surface area contributed by atoms with Crippen molar-refractivity contribution in [3.63, 3.8) is 0 Å². The normalized spacial score (nSPS) is 13.8. The Morgan fingerprint density at radius 3 is 2.13 bits per heavy atom. The van der Waals surface area contributed by atoms with E-state index in [1.165, 1.54) is 23.5 Å². The second-order valence-electron chi connectivity index (χ2n) is 23.5. The van der Waals surface area contributed by atoms with Gasteiger partial charge in [0.1, 0.15) is 65.1 Å². The molecule has 5 aromatic rings. The largest absolute Gasteiger partial charge is 0.744 e. The van der Waals surface area contributed by atoms with E-state index in [-0.39, 0.29) is 65.6 Å². The summed E-state index contributed by atoms with van der Waals surface area (Å²) in [5.41, 5.74) is 4.96. The van der Waals surface area contributed by atoms with E-state index >= 15 is 0 Å². The first-order valence-corrected chi connectivity index (χ1v) is 35.7. The zero-order chi connectivity index (χ0) is 66.1. The second kappa shape index (κ2) is 32.7. The number of nitrogens with zero attached hydrogens (tertiary/aromatic N) is 6. The number of unbranched alkanes of at least 4 members (excludes halogenated alkanes) is 4. The van der Waals surface area contributed by atoms with E-state index in [2.05, 4.69) is 45.7 Å². The number of fused-ring (bicyclic) bond motifs is 2. The number of rotatable bonds is 32. The third kappa shape index (κ3) is 18.7. The number of hydrogen-bond donors (Lipinski definition) is 7. The van der Waals surface area contributed by atoms with Gasteiger partial charge in [-0.3, -0.25) is 19.8 Å². The van der Waals surface area contributed by atoms with Crippen molar-refractivity contribution in [2.24, 2.45) is 14.1 Å². The summed E-state index contributed by atoms with van der Waals surface area (Å²) < 4.78 is 83.7. The van der Waals surface area contributed by atoms with E-state index in [0.717, 1.165) is 80.5 Å². The van der Waals surface area contributed by atoms with Crippen LogP contribution in [-0.4, -0.2) is 143 Å². The third-order valence-electron chi connectivity index (χ3n) is 17.1. The van der Waals surface area contributed by atoms with E-state index in [1.54, 1.807) is 17.0 Å². The van der Waals surface area contributed by atoms with Gasteiger partial charge in [-0.05, 0) is 129 Å². The molecule has 0 saturated carbocycles. The number of carbonyl (C=O) groups excluding carboxylic acids is 4. The van der Waals surface area contributed by atoms with Gasteiger partial charge in [0.2, 0.25) is 39.4 Å². The van der Waals surface area contributed by atoms with Gasteiger partial charge >= 0.3 is 6.03 Å². The van der Waals surface area contributed by atoms with E-state index < -0.39 is 48.9 Å². The van der Waals surface area contributed by atoms with Gasteiger partial charge < -0.3 is 49.9 Å². The zero-order valence-corrected chi connectivity index (χ0v) is 56.3. The molecule has 2 aromatic heterocycles. The first-order valence-electron chi connectivity index (χ1n) is 31.9. The fourth-order valence-corrected chi connectivity index (χ4v) is 14.4. The molecule has 8 rings (SSSR count). The Bertz CT molecular complexity index is 4010. The highest BCUT2D eigenvalue weighted by Crippen LogP contribution is 2.43. The molecule has 2 atom stereocenters. The number of aryl methyl sites for hydroxylation is 1. The van der Waals surface area contributed by atoms with Crippen LogP contribution in [-0.2, 0) is 68.0 Å². The first kappa shape index (κ1) is 70.1. The number of anilines is 1. The fourth-order valence-electron chi connectivity index (χ4n) is 11.7. The lowest BCUT2D eigenvalue weighted by atomic mass is 9.93. The van der Waals surface area contributed by atoms with E-state index in [1.807, 2.05) is 130 Å². The zero-order valence-electron chi connectivity index (χ0n) is 53.9. The van der Waals surface area contributed by atoms with Crippen molar-refractivity contribution in [1.82, 2.24) is 49.9 Å². The van der Waals surface area contributed by atoms with Crippen LogP contribution in [0.3, 0.4) is 0 Å². The minimum Gasteiger partial charge on any atom is -0.744 e. The SMILES string of the molecule is CCN(CC)c1ccc2c(-c3ccc(S(=O)(=O)NCCCCCCNC(=O)NCCCC[C@H](NC(=O)Cc4csc(=N)n4C)C(=O)N[C@@H](Cc4c[n+](Cc5ccccc5)cn4C)C(=O)NC4CCN(C)CC4)cc3S(=O)(=O)[O-])c3ccc(=[N+](CC)CC)cc-3oc2c1. The van der Waals surface area contributed by atoms with Crippen molar-refractivity contribution in [2.75, 3.05) is 70.9 Å². The Morgan fingerprint density at radius 2 is 1.47 bits per heavy atom. The van der Waals surface area contributed by atoms with Gasteiger partial charge in [0, 0.05) is 103 Å². The van der Waals surface area contributed by atoms with Gasteiger partial charge in [0.05, 0.1) is 29.3 Å². The highest BCUT2D eigenvalue weighted by Gasteiger charge is 2.32. The van der Waals surface area contributed by atoms with Gasteiger partial charge in [0.15, 0.2) is 4.80 Å². The Labute approximate surface area is 544 Å².